The van der Waals surface area contributed by atoms with E-state index in [0.717, 1.165) is 31.3 Å². The fourth-order valence-electron chi connectivity index (χ4n) is 4.30. The van der Waals surface area contributed by atoms with Crippen LogP contribution in [0.4, 0.5) is 0 Å². The first-order valence-electron chi connectivity index (χ1n) is 8.84. The fourth-order valence-corrected chi connectivity index (χ4v) is 4.30. The maximum absolute atomic E-state index is 10.2. The van der Waals surface area contributed by atoms with Crippen molar-refractivity contribution in [1.82, 2.24) is 10.2 Å². The predicted octanol–water partition coefficient (Wildman–Crippen LogP) is 2.53. The number of hydrogen-bond donors (Lipinski definition) is 2. The Bertz CT molecular complexity index is 308. The highest BCUT2D eigenvalue weighted by Gasteiger charge is 2.35. The first-order chi connectivity index (χ1) is 9.65. The summed E-state index contributed by atoms with van der Waals surface area (Å²) < 4.78 is 0. The van der Waals surface area contributed by atoms with E-state index in [4.69, 9.17) is 0 Å². The van der Waals surface area contributed by atoms with Gasteiger partial charge in [-0.05, 0) is 64.0 Å². The van der Waals surface area contributed by atoms with Crippen molar-refractivity contribution in [2.24, 2.45) is 5.92 Å². The van der Waals surface area contributed by atoms with Crippen LogP contribution in [0.1, 0.15) is 64.7 Å². The second-order valence-corrected chi connectivity index (χ2v) is 7.69. The minimum Gasteiger partial charge on any atom is -0.389 e. The lowest BCUT2D eigenvalue weighted by Gasteiger charge is -2.42. The average Bonchev–Trinajstić information content (AvgIpc) is 2.44. The van der Waals surface area contributed by atoms with Crippen molar-refractivity contribution in [1.29, 1.82) is 0 Å². The summed E-state index contributed by atoms with van der Waals surface area (Å²) in [4.78, 5) is 2.74. The van der Waals surface area contributed by atoms with E-state index < -0.39 is 0 Å². The summed E-state index contributed by atoms with van der Waals surface area (Å²) in [7, 11) is 0. The number of rotatable bonds is 4. The monoisotopic (exact) mass is 280 g/mol. The molecule has 1 aliphatic heterocycles. The second-order valence-electron chi connectivity index (χ2n) is 7.69. The van der Waals surface area contributed by atoms with Crippen molar-refractivity contribution in [2.75, 3.05) is 19.6 Å². The van der Waals surface area contributed by atoms with E-state index in [1.807, 2.05) is 0 Å². The van der Waals surface area contributed by atoms with E-state index in [-0.39, 0.29) is 5.60 Å². The Morgan fingerprint density at radius 3 is 2.45 bits per heavy atom. The van der Waals surface area contributed by atoms with E-state index in [1.54, 1.807) is 0 Å². The lowest BCUT2D eigenvalue weighted by atomic mass is 9.80. The van der Waals surface area contributed by atoms with Gasteiger partial charge in [-0.2, -0.15) is 0 Å². The van der Waals surface area contributed by atoms with Gasteiger partial charge in [0.2, 0.25) is 0 Å². The van der Waals surface area contributed by atoms with Crippen LogP contribution in [0.2, 0.25) is 0 Å². The number of aliphatic hydroxyl groups is 1. The maximum Gasteiger partial charge on any atom is 0.0771 e. The molecule has 0 radical (unpaired) electrons. The average molecular weight is 280 g/mol. The normalized spacial score (nSPS) is 35.7. The van der Waals surface area contributed by atoms with E-state index in [9.17, 15) is 5.11 Å². The van der Waals surface area contributed by atoms with Crippen LogP contribution in [0.25, 0.3) is 0 Å². The van der Waals surface area contributed by atoms with Gasteiger partial charge < -0.3 is 15.3 Å². The molecular weight excluding hydrogens is 248 g/mol. The predicted molar refractivity (Wildman–Crippen MR) is 82.8 cm³/mol. The fraction of sp³-hybridized carbons (Fsp3) is 1.00. The lowest BCUT2D eigenvalue weighted by molar-refractivity contribution is -0.0351. The molecule has 2 unspecified atom stereocenters. The molecule has 116 valence electrons. The highest BCUT2D eigenvalue weighted by molar-refractivity contribution is 4.92. The SMILES string of the molecule is CC1CCCC(N2CCC(NCC3(O)CCC3)CC2)C1. The highest BCUT2D eigenvalue weighted by atomic mass is 16.3. The minimum absolute atomic E-state index is 0.365. The second kappa shape index (κ2) is 6.33. The number of nitrogens with zero attached hydrogens (tertiary/aromatic N) is 1. The Balaban J connectivity index is 1.38. The molecule has 1 heterocycles. The van der Waals surface area contributed by atoms with E-state index in [2.05, 4.69) is 17.1 Å². The smallest absolute Gasteiger partial charge is 0.0771 e. The Morgan fingerprint density at radius 1 is 1.10 bits per heavy atom. The molecule has 1 saturated heterocycles. The third kappa shape index (κ3) is 3.55. The zero-order valence-electron chi connectivity index (χ0n) is 13.1. The summed E-state index contributed by atoms with van der Waals surface area (Å²) in [6.45, 7) is 5.75. The molecule has 3 fully saturated rings. The van der Waals surface area contributed by atoms with E-state index >= 15 is 0 Å². The summed E-state index contributed by atoms with van der Waals surface area (Å²) in [6.07, 6.45) is 11.4. The summed E-state index contributed by atoms with van der Waals surface area (Å²) in [5.41, 5.74) is -0.365. The van der Waals surface area contributed by atoms with Crippen molar-refractivity contribution in [3.05, 3.63) is 0 Å². The lowest BCUT2D eigenvalue weighted by Crippen LogP contribution is -2.52. The van der Waals surface area contributed by atoms with Gasteiger partial charge in [-0.3, -0.25) is 0 Å². The van der Waals surface area contributed by atoms with Crippen LogP contribution in [0.15, 0.2) is 0 Å². The molecule has 0 bridgehead atoms. The molecule has 3 heteroatoms. The molecule has 3 nitrogen and oxygen atoms in total. The van der Waals surface area contributed by atoms with Gasteiger partial charge in [0.05, 0.1) is 5.60 Å². The summed E-state index contributed by atoms with van der Waals surface area (Å²) in [5, 5.41) is 13.8. The molecule has 3 rings (SSSR count). The summed E-state index contributed by atoms with van der Waals surface area (Å²) in [5.74, 6) is 0.928. The van der Waals surface area contributed by atoms with Crippen molar-refractivity contribution in [3.8, 4) is 0 Å². The van der Waals surface area contributed by atoms with Gasteiger partial charge >= 0.3 is 0 Å². The Labute approximate surface area is 124 Å². The van der Waals surface area contributed by atoms with Crippen LogP contribution < -0.4 is 5.32 Å². The number of piperidine rings is 1. The third-order valence-corrected chi connectivity index (χ3v) is 5.96. The van der Waals surface area contributed by atoms with Gasteiger partial charge in [0, 0.05) is 18.6 Å². The molecule has 0 aromatic rings. The summed E-state index contributed by atoms with van der Waals surface area (Å²) in [6, 6.07) is 1.49. The first-order valence-corrected chi connectivity index (χ1v) is 8.84. The molecule has 2 atom stereocenters. The Hall–Kier alpha value is -0.120. The molecule has 0 aromatic carbocycles. The molecule has 2 saturated carbocycles. The van der Waals surface area contributed by atoms with Crippen molar-refractivity contribution in [2.45, 2.75) is 82.4 Å². The van der Waals surface area contributed by atoms with Crippen molar-refractivity contribution >= 4 is 0 Å². The van der Waals surface area contributed by atoms with Gasteiger partial charge in [0.15, 0.2) is 0 Å². The van der Waals surface area contributed by atoms with Crippen LogP contribution >= 0.6 is 0 Å². The van der Waals surface area contributed by atoms with Crippen LogP contribution in [-0.4, -0.2) is 47.3 Å². The van der Waals surface area contributed by atoms with Crippen LogP contribution in [0, 0.1) is 5.92 Å². The van der Waals surface area contributed by atoms with Gasteiger partial charge in [-0.15, -0.1) is 0 Å². The van der Waals surface area contributed by atoms with Gasteiger partial charge in [-0.25, -0.2) is 0 Å². The van der Waals surface area contributed by atoms with Gasteiger partial charge in [0.25, 0.3) is 0 Å². The maximum atomic E-state index is 10.2. The van der Waals surface area contributed by atoms with Crippen LogP contribution in [0.3, 0.4) is 0 Å². The minimum atomic E-state index is -0.365. The number of hydrogen-bond acceptors (Lipinski definition) is 3. The molecule has 2 aliphatic carbocycles. The molecule has 0 amide bonds. The topological polar surface area (TPSA) is 35.5 Å². The molecule has 0 aromatic heterocycles. The molecule has 3 aliphatic rings. The molecule has 0 spiro atoms. The van der Waals surface area contributed by atoms with Crippen LogP contribution in [0.5, 0.6) is 0 Å². The summed E-state index contributed by atoms with van der Waals surface area (Å²) >= 11 is 0. The largest absolute Gasteiger partial charge is 0.389 e. The number of nitrogens with one attached hydrogen (secondary N) is 1. The standard InChI is InChI=1S/C17H32N2O/c1-14-4-2-5-16(12-14)19-10-6-15(7-11-19)18-13-17(20)8-3-9-17/h14-16,18,20H,2-13H2,1H3. The third-order valence-electron chi connectivity index (χ3n) is 5.96. The van der Waals surface area contributed by atoms with Crippen molar-refractivity contribution < 1.29 is 5.11 Å². The van der Waals surface area contributed by atoms with Crippen LogP contribution in [-0.2, 0) is 0 Å². The quantitative estimate of drug-likeness (QED) is 0.831. The first kappa shape index (κ1) is 14.8. The Morgan fingerprint density at radius 2 is 1.85 bits per heavy atom. The molecule has 2 N–H and O–H groups in total. The molecule has 20 heavy (non-hydrogen) atoms. The zero-order valence-corrected chi connectivity index (χ0v) is 13.1. The number of likely N-dealkylation sites (tertiary alicyclic amines) is 1. The zero-order chi connectivity index (χ0) is 14.0. The van der Waals surface area contributed by atoms with Crippen molar-refractivity contribution in [3.63, 3.8) is 0 Å². The highest BCUT2D eigenvalue weighted by Crippen LogP contribution is 2.32. The Kier molecular flexibility index (Phi) is 4.68. The van der Waals surface area contributed by atoms with Gasteiger partial charge in [0.1, 0.15) is 0 Å². The van der Waals surface area contributed by atoms with E-state index in [1.165, 1.54) is 58.0 Å². The molecular formula is C17H32N2O. The van der Waals surface area contributed by atoms with E-state index in [0.29, 0.717) is 6.04 Å². The van der Waals surface area contributed by atoms with Gasteiger partial charge in [-0.1, -0.05) is 19.8 Å².